The zero-order valence-corrected chi connectivity index (χ0v) is 12.5. The van der Waals surface area contributed by atoms with Gasteiger partial charge >= 0.3 is 0 Å². The van der Waals surface area contributed by atoms with E-state index in [9.17, 15) is 4.79 Å². The molecule has 0 spiro atoms. The van der Waals surface area contributed by atoms with E-state index in [1.807, 2.05) is 24.3 Å². The Labute approximate surface area is 121 Å². The van der Waals surface area contributed by atoms with Gasteiger partial charge in [-0.15, -0.1) is 11.6 Å². The highest BCUT2D eigenvalue weighted by Crippen LogP contribution is 2.27. The summed E-state index contributed by atoms with van der Waals surface area (Å²) in [6, 6.07) is 7.41. The fraction of sp³-hybridized carbons (Fsp3) is 0.500. The lowest BCUT2D eigenvalue weighted by Crippen LogP contribution is -2.32. The third-order valence-electron chi connectivity index (χ3n) is 3.38. The Morgan fingerprint density at radius 1 is 1.33 bits per heavy atom. The van der Waals surface area contributed by atoms with Gasteiger partial charge in [0.15, 0.2) is 0 Å². The van der Waals surface area contributed by atoms with Gasteiger partial charge in [0.25, 0.3) is 5.91 Å². The molecule has 1 aliphatic rings. The quantitative estimate of drug-likeness (QED) is 0.835. The highest BCUT2D eigenvalue weighted by molar-refractivity contribution is 9.10. The van der Waals surface area contributed by atoms with Gasteiger partial charge in [-0.2, -0.15) is 0 Å². The second kappa shape index (κ2) is 6.58. The second-order valence-electron chi connectivity index (χ2n) is 4.85. The zero-order valence-electron chi connectivity index (χ0n) is 10.2. The average molecular weight is 331 g/mol. The fourth-order valence-corrected chi connectivity index (χ4v) is 3.02. The molecular formula is C14H17BrClNO. The maximum atomic E-state index is 11.9. The SMILES string of the molecule is O=C(NCC1CCCC(Cl)C1)c1ccc(Br)cc1. The van der Waals surface area contributed by atoms with E-state index in [1.54, 1.807) is 0 Å². The summed E-state index contributed by atoms with van der Waals surface area (Å²) in [6.07, 6.45) is 4.47. The summed E-state index contributed by atoms with van der Waals surface area (Å²) >= 11 is 9.50. The van der Waals surface area contributed by atoms with Crippen molar-refractivity contribution in [3.05, 3.63) is 34.3 Å². The van der Waals surface area contributed by atoms with Gasteiger partial charge in [0, 0.05) is 22.0 Å². The van der Waals surface area contributed by atoms with Crippen LogP contribution in [0.1, 0.15) is 36.0 Å². The Hall–Kier alpha value is -0.540. The highest BCUT2D eigenvalue weighted by atomic mass is 79.9. The lowest BCUT2D eigenvalue weighted by Gasteiger charge is -2.25. The number of halogens is 2. The van der Waals surface area contributed by atoms with Crippen LogP contribution in [0, 0.1) is 5.92 Å². The summed E-state index contributed by atoms with van der Waals surface area (Å²) in [5, 5.41) is 3.28. The normalized spacial score (nSPS) is 23.7. The molecule has 1 fully saturated rings. The number of benzene rings is 1. The fourth-order valence-electron chi connectivity index (χ4n) is 2.35. The number of hydrogen-bond donors (Lipinski definition) is 1. The minimum absolute atomic E-state index is 0.000745. The number of amides is 1. The van der Waals surface area contributed by atoms with Crippen LogP contribution >= 0.6 is 27.5 Å². The number of rotatable bonds is 3. The van der Waals surface area contributed by atoms with Crippen LogP contribution < -0.4 is 5.32 Å². The van der Waals surface area contributed by atoms with Gasteiger partial charge in [-0.05, 0) is 49.4 Å². The molecule has 1 aromatic rings. The first-order valence-electron chi connectivity index (χ1n) is 6.33. The molecule has 1 aliphatic carbocycles. The molecular weight excluding hydrogens is 314 g/mol. The van der Waals surface area contributed by atoms with E-state index in [1.165, 1.54) is 12.8 Å². The number of alkyl halides is 1. The summed E-state index contributed by atoms with van der Waals surface area (Å²) in [5.74, 6) is 0.528. The lowest BCUT2D eigenvalue weighted by molar-refractivity contribution is 0.0943. The van der Waals surface area contributed by atoms with Gasteiger partial charge in [0.2, 0.25) is 0 Å². The molecule has 2 unspecified atom stereocenters. The maximum absolute atomic E-state index is 11.9. The van der Waals surface area contributed by atoms with Crippen molar-refractivity contribution in [1.29, 1.82) is 0 Å². The third kappa shape index (κ3) is 3.99. The summed E-state index contributed by atoms with van der Waals surface area (Å²) in [6.45, 7) is 0.734. The van der Waals surface area contributed by atoms with Crippen LogP contribution in [0.15, 0.2) is 28.7 Å². The topological polar surface area (TPSA) is 29.1 Å². The first-order valence-corrected chi connectivity index (χ1v) is 7.56. The van der Waals surface area contributed by atoms with Crippen molar-refractivity contribution in [2.24, 2.45) is 5.92 Å². The highest BCUT2D eigenvalue weighted by Gasteiger charge is 2.20. The van der Waals surface area contributed by atoms with Gasteiger partial charge in [-0.1, -0.05) is 22.4 Å². The summed E-state index contributed by atoms with van der Waals surface area (Å²) in [4.78, 5) is 11.9. The summed E-state index contributed by atoms with van der Waals surface area (Å²) in [7, 11) is 0. The Balaban J connectivity index is 1.82. The lowest BCUT2D eigenvalue weighted by atomic mass is 9.89. The molecule has 0 heterocycles. The largest absolute Gasteiger partial charge is 0.352 e. The van der Waals surface area contributed by atoms with Crippen molar-refractivity contribution in [2.45, 2.75) is 31.1 Å². The molecule has 1 amide bonds. The van der Waals surface area contributed by atoms with E-state index in [4.69, 9.17) is 11.6 Å². The second-order valence-corrected chi connectivity index (χ2v) is 6.38. The van der Waals surface area contributed by atoms with Crippen LogP contribution in [0.5, 0.6) is 0 Å². The minimum atomic E-state index is -0.000745. The number of hydrogen-bond acceptors (Lipinski definition) is 1. The zero-order chi connectivity index (χ0) is 13.0. The van der Waals surface area contributed by atoms with Crippen molar-refractivity contribution in [2.75, 3.05) is 6.54 Å². The Morgan fingerprint density at radius 3 is 2.72 bits per heavy atom. The van der Waals surface area contributed by atoms with Gasteiger partial charge < -0.3 is 5.32 Å². The van der Waals surface area contributed by atoms with E-state index < -0.39 is 0 Å². The van der Waals surface area contributed by atoms with Gasteiger partial charge in [-0.3, -0.25) is 4.79 Å². The monoisotopic (exact) mass is 329 g/mol. The molecule has 18 heavy (non-hydrogen) atoms. The van der Waals surface area contributed by atoms with Gasteiger partial charge in [-0.25, -0.2) is 0 Å². The number of nitrogens with one attached hydrogen (secondary N) is 1. The third-order valence-corrected chi connectivity index (χ3v) is 4.30. The van der Waals surface area contributed by atoms with E-state index >= 15 is 0 Å². The molecule has 0 radical (unpaired) electrons. The van der Waals surface area contributed by atoms with Gasteiger partial charge in [0.1, 0.15) is 0 Å². The van der Waals surface area contributed by atoms with Gasteiger partial charge in [0.05, 0.1) is 0 Å². The maximum Gasteiger partial charge on any atom is 0.251 e. The molecule has 0 aliphatic heterocycles. The first kappa shape index (κ1) is 13.9. The minimum Gasteiger partial charge on any atom is -0.352 e. The Bertz CT molecular complexity index is 407. The van der Waals surface area contributed by atoms with E-state index in [2.05, 4.69) is 21.2 Å². The molecule has 2 nitrogen and oxygen atoms in total. The molecule has 98 valence electrons. The predicted octanol–water partition coefficient (Wildman–Crippen LogP) is 3.98. The molecule has 1 saturated carbocycles. The number of carbonyl (C=O) groups excluding carboxylic acids is 1. The van der Waals surface area contributed by atoms with Crippen molar-refractivity contribution >= 4 is 33.4 Å². The molecule has 1 N–H and O–H groups in total. The van der Waals surface area contributed by atoms with Crippen molar-refractivity contribution in [1.82, 2.24) is 5.32 Å². The molecule has 0 aromatic heterocycles. The van der Waals surface area contributed by atoms with Crippen molar-refractivity contribution in [3.63, 3.8) is 0 Å². The van der Waals surface area contributed by atoms with Crippen LogP contribution in [-0.4, -0.2) is 17.8 Å². The smallest absolute Gasteiger partial charge is 0.251 e. The summed E-state index contributed by atoms with van der Waals surface area (Å²) in [5.41, 5.74) is 0.705. The van der Waals surface area contributed by atoms with Crippen molar-refractivity contribution < 1.29 is 4.79 Å². The summed E-state index contributed by atoms with van der Waals surface area (Å²) < 4.78 is 0.983. The average Bonchev–Trinajstić information content (AvgIpc) is 2.37. The van der Waals surface area contributed by atoms with Crippen molar-refractivity contribution in [3.8, 4) is 0 Å². The molecule has 2 atom stereocenters. The van der Waals surface area contributed by atoms with Crippen LogP contribution in [-0.2, 0) is 0 Å². The van der Waals surface area contributed by atoms with E-state index in [0.717, 1.165) is 23.9 Å². The molecule has 4 heteroatoms. The van der Waals surface area contributed by atoms with Crippen LogP contribution in [0.3, 0.4) is 0 Å². The van der Waals surface area contributed by atoms with Crippen LogP contribution in [0.4, 0.5) is 0 Å². The molecule has 1 aromatic carbocycles. The molecule has 0 saturated heterocycles. The van der Waals surface area contributed by atoms with E-state index in [0.29, 0.717) is 11.5 Å². The van der Waals surface area contributed by atoms with E-state index in [-0.39, 0.29) is 11.3 Å². The van der Waals surface area contributed by atoms with Crippen LogP contribution in [0.25, 0.3) is 0 Å². The molecule has 2 rings (SSSR count). The molecule has 0 bridgehead atoms. The predicted molar refractivity (Wildman–Crippen MR) is 78.1 cm³/mol. The number of carbonyl (C=O) groups is 1. The van der Waals surface area contributed by atoms with Crippen LogP contribution in [0.2, 0.25) is 0 Å². The Kier molecular flexibility index (Phi) is 5.07. The standard InChI is InChI=1S/C14H17BrClNO/c15-12-6-4-11(5-7-12)14(18)17-9-10-2-1-3-13(16)8-10/h4-7,10,13H,1-3,8-9H2,(H,17,18). The Morgan fingerprint density at radius 2 is 2.06 bits per heavy atom. The first-order chi connectivity index (χ1) is 8.65.